The Kier molecular flexibility index (Phi) is 15.2. The molecule has 5 heterocycles. The number of hydrogen-bond acceptors (Lipinski definition) is 13. The van der Waals surface area contributed by atoms with Crippen LogP contribution in [0.25, 0.3) is 10.4 Å². The van der Waals surface area contributed by atoms with Crippen LogP contribution in [0.2, 0.25) is 5.02 Å². The lowest BCUT2D eigenvalue weighted by atomic mass is 9.49. The van der Waals surface area contributed by atoms with E-state index in [4.69, 9.17) is 16.3 Å². The van der Waals surface area contributed by atoms with Gasteiger partial charge in [-0.15, -0.1) is 11.3 Å². The van der Waals surface area contributed by atoms with Crippen LogP contribution in [0.15, 0.2) is 84.6 Å². The van der Waals surface area contributed by atoms with E-state index in [1.165, 1.54) is 4.90 Å². The number of ether oxygens (including phenoxy) is 1. The molecule has 0 spiro atoms. The fourth-order valence-corrected chi connectivity index (χ4v) is 11.9. The van der Waals surface area contributed by atoms with E-state index in [0.29, 0.717) is 48.1 Å². The van der Waals surface area contributed by atoms with Gasteiger partial charge in [0.2, 0.25) is 17.7 Å². The highest BCUT2D eigenvalue weighted by molar-refractivity contribution is 7.13. The van der Waals surface area contributed by atoms with Gasteiger partial charge in [-0.1, -0.05) is 84.3 Å². The second-order valence-corrected chi connectivity index (χ2v) is 23.0. The molecule has 2 aromatic carbocycles. The number of β-amino-alcohol motifs (C(OH)–C–C–N with tert-alkyl or cyclic N) is 1. The van der Waals surface area contributed by atoms with E-state index in [9.17, 15) is 29.5 Å². The van der Waals surface area contributed by atoms with Crippen LogP contribution in [0.1, 0.15) is 101 Å². The summed E-state index contributed by atoms with van der Waals surface area (Å²) in [7, 11) is 0. The van der Waals surface area contributed by atoms with Crippen LogP contribution in [0.5, 0.6) is 5.75 Å². The summed E-state index contributed by atoms with van der Waals surface area (Å²) in [6.07, 6.45) is 2.26. The monoisotopic (exact) mass is 1030 g/mol. The molecule has 1 saturated carbocycles. The standard InChI is InChI=1S/C55H65ClN10O6S/c1-32(35-10-12-36(13-11-35)46-33(2)60-31-73-46)61-49(70)42-26-39(67)30-66(42)50(71)47(53(3,4)5)62-45(68)25-34-18-19-58-44(24-34)65-22-20-64(21-23-65)43-17-15-38(29-59-43)48(69)63-51-54(6,7)52(55(51,8)9)72-40-16-14-37(28-57)41(56)27-40/h10-19,24,27,29,31-32,39,42,47,51-52,67H,20-23,25-26,30H2,1-9H3,(H,61,70)(H,62,68)(H,63,69)/t32-,39+,42-,47+,51?,52?/m0/s1. The molecule has 16 nitrogen and oxygen atoms in total. The topological polar surface area (TPSA) is 206 Å². The Morgan fingerprint density at radius 2 is 1.60 bits per heavy atom. The molecule has 2 saturated heterocycles. The van der Waals surface area contributed by atoms with Crippen LogP contribution in [0.4, 0.5) is 11.6 Å². The molecule has 18 heteroatoms. The third-order valence-electron chi connectivity index (χ3n) is 14.6. The first-order valence-electron chi connectivity index (χ1n) is 24.7. The lowest BCUT2D eigenvalue weighted by Gasteiger charge is -2.63. The first kappa shape index (κ1) is 52.7. The van der Waals surface area contributed by atoms with Gasteiger partial charge in [-0.3, -0.25) is 19.2 Å². The number of carbonyl (C=O) groups excluding carboxylic acids is 4. The van der Waals surface area contributed by atoms with E-state index in [1.807, 2.05) is 76.5 Å². The summed E-state index contributed by atoms with van der Waals surface area (Å²) < 4.78 is 6.38. The summed E-state index contributed by atoms with van der Waals surface area (Å²) in [5, 5.41) is 29.6. The van der Waals surface area contributed by atoms with Crippen molar-refractivity contribution in [3.05, 3.63) is 118 Å². The van der Waals surface area contributed by atoms with Crippen molar-refractivity contribution in [2.75, 3.05) is 42.5 Å². The number of aliphatic hydroxyl groups excluding tert-OH is 1. The summed E-state index contributed by atoms with van der Waals surface area (Å²) in [6.45, 7) is 20.3. The van der Waals surface area contributed by atoms with Gasteiger partial charge >= 0.3 is 0 Å². The largest absolute Gasteiger partial charge is 0.489 e. The highest BCUT2D eigenvalue weighted by Crippen LogP contribution is 2.55. The predicted octanol–water partition coefficient (Wildman–Crippen LogP) is 7.28. The third kappa shape index (κ3) is 11.3. The zero-order valence-electron chi connectivity index (χ0n) is 42.9. The molecular formula is C55H65ClN10O6S. The molecule has 1 aliphatic carbocycles. The van der Waals surface area contributed by atoms with Crippen molar-refractivity contribution in [1.29, 1.82) is 5.26 Å². The number of hydrogen-bond donors (Lipinski definition) is 4. The fourth-order valence-electron chi connectivity index (χ4n) is 10.8. The van der Waals surface area contributed by atoms with Crippen LogP contribution < -0.4 is 30.5 Å². The van der Waals surface area contributed by atoms with Crippen molar-refractivity contribution >= 4 is 58.2 Å². The smallest absolute Gasteiger partial charge is 0.253 e. The molecule has 8 rings (SSSR count). The number of anilines is 2. The first-order chi connectivity index (χ1) is 34.5. The zero-order valence-corrected chi connectivity index (χ0v) is 44.5. The van der Waals surface area contributed by atoms with E-state index in [-0.39, 0.29) is 55.3 Å². The molecule has 5 aromatic rings. The second kappa shape index (κ2) is 21.1. The number of aliphatic hydroxyl groups is 1. The highest BCUT2D eigenvalue weighted by Gasteiger charge is 2.64. The number of nitrogens with zero attached hydrogens (tertiary/aromatic N) is 7. The summed E-state index contributed by atoms with van der Waals surface area (Å²) in [4.78, 5) is 76.0. The van der Waals surface area contributed by atoms with Gasteiger partial charge in [0, 0.05) is 74.5 Å². The zero-order chi connectivity index (χ0) is 52.6. The Hall–Kier alpha value is -6.61. The number of likely N-dealkylation sites (tertiary alicyclic amines) is 1. The molecule has 4 atom stereocenters. The molecule has 3 fully saturated rings. The average Bonchev–Trinajstić information content (AvgIpc) is 3.98. The Labute approximate surface area is 436 Å². The Morgan fingerprint density at radius 1 is 0.918 bits per heavy atom. The third-order valence-corrected chi connectivity index (χ3v) is 15.9. The van der Waals surface area contributed by atoms with Gasteiger partial charge in [0.05, 0.1) is 50.8 Å². The van der Waals surface area contributed by atoms with Crippen LogP contribution in [-0.4, -0.2) is 112 Å². The Morgan fingerprint density at radius 3 is 2.21 bits per heavy atom. The Bertz CT molecular complexity index is 2870. The summed E-state index contributed by atoms with van der Waals surface area (Å²) in [5.74, 6) is 0.681. The summed E-state index contributed by atoms with van der Waals surface area (Å²) in [6, 6.07) is 20.0. The van der Waals surface area contributed by atoms with Crippen LogP contribution in [0, 0.1) is 34.5 Å². The van der Waals surface area contributed by atoms with Crippen LogP contribution in [0.3, 0.4) is 0 Å². The van der Waals surface area contributed by atoms with E-state index < -0.39 is 40.3 Å². The van der Waals surface area contributed by atoms with Crippen LogP contribution in [-0.2, 0) is 20.8 Å². The fraction of sp³-hybridized carbons (Fsp3) is 0.455. The number of aryl methyl sites for hydroxylation is 1. The van der Waals surface area contributed by atoms with E-state index >= 15 is 0 Å². The van der Waals surface area contributed by atoms with Gasteiger partial charge in [0.1, 0.15) is 41.6 Å². The predicted molar refractivity (Wildman–Crippen MR) is 282 cm³/mol. The molecule has 4 N–H and O–H groups in total. The van der Waals surface area contributed by atoms with Crippen molar-refractivity contribution in [3.8, 4) is 22.3 Å². The number of pyridine rings is 2. The maximum absolute atomic E-state index is 14.3. The minimum Gasteiger partial charge on any atom is -0.489 e. The van der Waals surface area contributed by atoms with Gasteiger partial charge in [0.25, 0.3) is 5.91 Å². The highest BCUT2D eigenvalue weighted by atomic mass is 35.5. The molecule has 0 bridgehead atoms. The SMILES string of the molecule is Cc1ncsc1-c1ccc([C@H](C)NC(=O)[C@@H]2C[C@@H](O)CN2C(=O)[C@@H](NC(=O)Cc2ccnc(N3CCN(c4ccc(C(=O)NC5C(C)(C)C(Oc6ccc(C#N)c(Cl)c6)C5(C)C)cn4)CC3)c2)C(C)(C)C)cc1. The minimum atomic E-state index is -0.968. The van der Waals surface area contributed by atoms with Crippen molar-refractivity contribution < 1.29 is 29.0 Å². The molecule has 0 unspecified atom stereocenters. The molecule has 3 aromatic heterocycles. The van der Waals surface area contributed by atoms with Gasteiger partial charge in [0.15, 0.2) is 0 Å². The molecule has 384 valence electrons. The Balaban J connectivity index is 0.826. The molecular weight excluding hydrogens is 964 g/mol. The number of nitrogens with one attached hydrogen (secondary N) is 3. The van der Waals surface area contributed by atoms with Gasteiger partial charge < -0.3 is 40.5 Å². The molecule has 4 amide bonds. The number of benzene rings is 2. The van der Waals surface area contributed by atoms with Gasteiger partial charge in [-0.2, -0.15) is 5.26 Å². The maximum Gasteiger partial charge on any atom is 0.253 e. The molecule has 73 heavy (non-hydrogen) atoms. The number of carbonyl (C=O) groups is 4. The summed E-state index contributed by atoms with van der Waals surface area (Å²) in [5.41, 5.74) is 4.75. The normalized spacial score (nSPS) is 21.0. The number of aromatic nitrogens is 3. The van der Waals surface area contributed by atoms with E-state index in [2.05, 4.69) is 74.5 Å². The molecule has 2 aliphatic heterocycles. The quantitative estimate of drug-likeness (QED) is 0.0866. The van der Waals surface area contributed by atoms with E-state index in [1.54, 1.807) is 54.1 Å². The number of thiazole rings is 1. The first-order valence-corrected chi connectivity index (χ1v) is 26.0. The number of rotatable bonds is 14. The van der Waals surface area contributed by atoms with Gasteiger partial charge in [-0.25, -0.2) is 15.0 Å². The number of piperazine rings is 1. The van der Waals surface area contributed by atoms with Gasteiger partial charge in [-0.05, 0) is 72.4 Å². The van der Waals surface area contributed by atoms with Crippen molar-refractivity contribution in [2.24, 2.45) is 16.2 Å². The van der Waals surface area contributed by atoms with Crippen molar-refractivity contribution in [3.63, 3.8) is 0 Å². The van der Waals surface area contributed by atoms with E-state index in [0.717, 1.165) is 38.9 Å². The average molecular weight is 1030 g/mol. The number of nitriles is 1. The second-order valence-electron chi connectivity index (χ2n) is 21.8. The molecule has 3 aliphatic rings. The van der Waals surface area contributed by atoms with Crippen molar-refractivity contribution in [1.82, 2.24) is 35.8 Å². The maximum atomic E-state index is 14.3. The molecule has 0 radical (unpaired) electrons. The number of halogens is 1. The minimum absolute atomic E-state index is 0.00260. The number of amides is 4. The summed E-state index contributed by atoms with van der Waals surface area (Å²) >= 11 is 7.84. The lowest BCUT2D eigenvalue weighted by Crippen LogP contribution is -2.74. The van der Waals surface area contributed by atoms with Crippen LogP contribution >= 0.6 is 22.9 Å². The lowest BCUT2D eigenvalue weighted by molar-refractivity contribution is -0.164. The van der Waals surface area contributed by atoms with Crippen molar-refractivity contribution in [2.45, 2.75) is 112 Å².